The second-order valence-electron chi connectivity index (χ2n) is 1.47. The summed E-state index contributed by atoms with van der Waals surface area (Å²) in [5.74, 6) is 0.771. The van der Waals surface area contributed by atoms with Crippen LogP contribution in [0.1, 0.15) is 0 Å². The van der Waals surface area contributed by atoms with Crippen LogP contribution < -0.4 is 10.6 Å². The van der Waals surface area contributed by atoms with Crippen LogP contribution in [0.4, 0.5) is 0 Å². The van der Waals surface area contributed by atoms with E-state index in [9.17, 15) is 0 Å². The predicted octanol–water partition coefficient (Wildman–Crippen LogP) is 0.966. The Morgan fingerprint density at radius 3 is 2.67 bits per heavy atom. The number of hydrogen-bond acceptors (Lipinski definition) is 2. The lowest BCUT2D eigenvalue weighted by Gasteiger charge is -2.00. The molecule has 2 heteroatoms. The molecule has 0 saturated carbocycles. The average molecular weight is 124 g/mol. The van der Waals surface area contributed by atoms with Crippen molar-refractivity contribution in [2.24, 2.45) is 0 Å². The zero-order valence-electron chi connectivity index (χ0n) is 5.65. The van der Waals surface area contributed by atoms with Gasteiger partial charge in [-0.05, 0) is 6.08 Å². The number of allylic oxidation sites excluding steroid dienone is 2. The van der Waals surface area contributed by atoms with Crippen molar-refractivity contribution < 1.29 is 0 Å². The molecule has 0 aromatic rings. The third kappa shape index (κ3) is 4.68. The molecule has 0 unspecified atom stereocenters. The van der Waals surface area contributed by atoms with Crippen LogP contribution >= 0.6 is 0 Å². The summed E-state index contributed by atoms with van der Waals surface area (Å²) in [6.07, 6.45) is 5.24. The minimum atomic E-state index is 0.771. The Labute approximate surface area is 56.0 Å². The molecule has 0 radical (unpaired) electrons. The molecule has 2 N–H and O–H groups in total. The molecule has 0 heterocycles. The maximum atomic E-state index is 3.64. The summed E-state index contributed by atoms with van der Waals surface area (Å²) in [5, 5.41) is 5.71. The molecule has 0 spiro atoms. The van der Waals surface area contributed by atoms with Crippen molar-refractivity contribution in [3.8, 4) is 0 Å². The molecule has 0 fully saturated rings. The maximum absolute atomic E-state index is 3.64. The van der Waals surface area contributed by atoms with Crippen LogP contribution in [0.2, 0.25) is 0 Å². The summed E-state index contributed by atoms with van der Waals surface area (Å²) in [5.41, 5.74) is 0. The Kier molecular flexibility index (Phi) is 4.32. The van der Waals surface area contributed by atoms with Gasteiger partial charge >= 0.3 is 0 Å². The Morgan fingerprint density at radius 2 is 2.22 bits per heavy atom. The standard InChI is InChI=1S/C7H12N2/c1-4-5-6-9-7(2)8-3/h4-6,8-9H,1-2H2,3H3/b6-5-. The average Bonchev–Trinajstić information content (AvgIpc) is 1.89. The predicted molar refractivity (Wildman–Crippen MR) is 40.7 cm³/mol. The SMILES string of the molecule is C=C/C=C\NC(=C)NC. The Balaban J connectivity index is 3.37. The van der Waals surface area contributed by atoms with E-state index in [-0.39, 0.29) is 0 Å². The molecule has 0 aromatic heterocycles. The van der Waals surface area contributed by atoms with Crippen molar-refractivity contribution in [2.75, 3.05) is 7.05 Å². The third-order valence-electron chi connectivity index (χ3n) is 0.792. The fraction of sp³-hybridized carbons (Fsp3) is 0.143. The number of hydrogen-bond donors (Lipinski definition) is 2. The Bertz CT molecular complexity index is 125. The van der Waals surface area contributed by atoms with Crippen LogP contribution in [-0.2, 0) is 0 Å². The van der Waals surface area contributed by atoms with Crippen molar-refractivity contribution in [1.29, 1.82) is 0 Å². The fourth-order valence-electron chi connectivity index (χ4n) is 0.289. The van der Waals surface area contributed by atoms with Gasteiger partial charge < -0.3 is 10.6 Å². The molecule has 0 aromatic carbocycles. The van der Waals surface area contributed by atoms with E-state index < -0.39 is 0 Å². The minimum Gasteiger partial charge on any atom is -0.375 e. The highest BCUT2D eigenvalue weighted by molar-refractivity contribution is 5.01. The highest BCUT2D eigenvalue weighted by Gasteiger charge is 1.76. The van der Waals surface area contributed by atoms with Gasteiger partial charge in [0.2, 0.25) is 0 Å². The molecule has 0 aliphatic rings. The van der Waals surface area contributed by atoms with Crippen molar-refractivity contribution >= 4 is 0 Å². The number of nitrogens with one attached hydrogen (secondary N) is 2. The van der Waals surface area contributed by atoms with Gasteiger partial charge in [-0.15, -0.1) is 0 Å². The molecule has 2 nitrogen and oxygen atoms in total. The molecule has 50 valence electrons. The molecule has 0 aliphatic heterocycles. The smallest absolute Gasteiger partial charge is 0.0949 e. The van der Waals surface area contributed by atoms with Gasteiger partial charge in [-0.2, -0.15) is 0 Å². The van der Waals surface area contributed by atoms with Gasteiger partial charge in [0.1, 0.15) is 0 Å². The normalized spacial score (nSPS) is 9.00. The largest absolute Gasteiger partial charge is 0.375 e. The first-order chi connectivity index (χ1) is 4.31. The van der Waals surface area contributed by atoms with Crippen LogP contribution in [0.15, 0.2) is 37.3 Å². The van der Waals surface area contributed by atoms with Gasteiger partial charge in [0, 0.05) is 13.2 Å². The van der Waals surface area contributed by atoms with Crippen LogP contribution in [0.3, 0.4) is 0 Å². The fourth-order valence-corrected chi connectivity index (χ4v) is 0.289. The second kappa shape index (κ2) is 4.97. The molecule has 0 bridgehead atoms. The topological polar surface area (TPSA) is 24.1 Å². The van der Waals surface area contributed by atoms with E-state index in [4.69, 9.17) is 0 Å². The van der Waals surface area contributed by atoms with E-state index in [1.807, 2.05) is 0 Å². The lowest BCUT2D eigenvalue weighted by atomic mass is 10.6. The van der Waals surface area contributed by atoms with E-state index in [0.717, 1.165) is 5.82 Å². The summed E-state index contributed by atoms with van der Waals surface area (Å²) >= 11 is 0. The first kappa shape index (κ1) is 7.82. The summed E-state index contributed by atoms with van der Waals surface area (Å²) in [6.45, 7) is 7.14. The summed E-state index contributed by atoms with van der Waals surface area (Å²) < 4.78 is 0. The maximum Gasteiger partial charge on any atom is 0.0949 e. The van der Waals surface area contributed by atoms with Gasteiger partial charge in [-0.1, -0.05) is 19.2 Å². The summed E-state index contributed by atoms with van der Waals surface area (Å²) in [4.78, 5) is 0. The van der Waals surface area contributed by atoms with E-state index in [1.165, 1.54) is 0 Å². The summed E-state index contributed by atoms with van der Waals surface area (Å²) in [6, 6.07) is 0. The van der Waals surface area contributed by atoms with Crippen LogP contribution in [0, 0.1) is 0 Å². The van der Waals surface area contributed by atoms with E-state index in [1.54, 1.807) is 25.4 Å². The monoisotopic (exact) mass is 124 g/mol. The van der Waals surface area contributed by atoms with E-state index in [2.05, 4.69) is 23.8 Å². The minimum absolute atomic E-state index is 0.771. The van der Waals surface area contributed by atoms with Crippen LogP contribution in [0.25, 0.3) is 0 Å². The molecule has 0 atom stereocenters. The van der Waals surface area contributed by atoms with Crippen LogP contribution in [-0.4, -0.2) is 7.05 Å². The Morgan fingerprint density at radius 1 is 1.56 bits per heavy atom. The molecule has 9 heavy (non-hydrogen) atoms. The van der Waals surface area contributed by atoms with Gasteiger partial charge in [-0.3, -0.25) is 0 Å². The highest BCUT2D eigenvalue weighted by atomic mass is 15.0. The molecule has 0 rings (SSSR count). The Hall–Kier alpha value is -1.18. The zero-order chi connectivity index (χ0) is 7.11. The first-order valence-electron chi connectivity index (χ1n) is 2.72. The van der Waals surface area contributed by atoms with Crippen LogP contribution in [0.5, 0.6) is 0 Å². The first-order valence-corrected chi connectivity index (χ1v) is 2.72. The van der Waals surface area contributed by atoms with Gasteiger partial charge in [0.05, 0.1) is 5.82 Å². The van der Waals surface area contributed by atoms with E-state index >= 15 is 0 Å². The lowest BCUT2D eigenvalue weighted by Crippen LogP contribution is -2.16. The van der Waals surface area contributed by atoms with Crippen molar-refractivity contribution in [2.45, 2.75) is 0 Å². The molecule has 0 saturated heterocycles. The van der Waals surface area contributed by atoms with Crippen molar-refractivity contribution in [3.05, 3.63) is 37.3 Å². The quantitative estimate of drug-likeness (QED) is 0.545. The molecular formula is C7H12N2. The summed E-state index contributed by atoms with van der Waals surface area (Å²) in [7, 11) is 1.80. The zero-order valence-corrected chi connectivity index (χ0v) is 5.65. The van der Waals surface area contributed by atoms with Gasteiger partial charge in [0.15, 0.2) is 0 Å². The number of rotatable bonds is 4. The molecule has 0 amide bonds. The second-order valence-corrected chi connectivity index (χ2v) is 1.47. The van der Waals surface area contributed by atoms with Crippen molar-refractivity contribution in [1.82, 2.24) is 10.6 Å². The van der Waals surface area contributed by atoms with Gasteiger partial charge in [0.25, 0.3) is 0 Å². The molecule has 0 aliphatic carbocycles. The lowest BCUT2D eigenvalue weighted by molar-refractivity contribution is 0.878. The highest BCUT2D eigenvalue weighted by Crippen LogP contribution is 1.73. The van der Waals surface area contributed by atoms with Crippen molar-refractivity contribution in [3.63, 3.8) is 0 Å². The molecular weight excluding hydrogens is 112 g/mol. The third-order valence-corrected chi connectivity index (χ3v) is 0.792. The van der Waals surface area contributed by atoms with E-state index in [0.29, 0.717) is 0 Å². The van der Waals surface area contributed by atoms with Gasteiger partial charge in [-0.25, -0.2) is 0 Å².